The van der Waals surface area contributed by atoms with Crippen LogP contribution in [0.4, 0.5) is 0 Å². The molecule has 1 aromatic carbocycles. The number of hydrogen-bond donors (Lipinski definition) is 3. The zero-order valence-electron chi connectivity index (χ0n) is 9.17. The molecule has 0 bridgehead atoms. The molecule has 0 radical (unpaired) electrons. The lowest BCUT2D eigenvalue weighted by molar-refractivity contribution is 0.242. The molecule has 0 aliphatic rings. The molecule has 0 heterocycles. The van der Waals surface area contributed by atoms with Gasteiger partial charge in [0.05, 0.1) is 11.1 Å². The van der Waals surface area contributed by atoms with Gasteiger partial charge in [-0.05, 0) is 41.9 Å². The highest BCUT2D eigenvalue weighted by Crippen LogP contribution is 2.35. The van der Waals surface area contributed by atoms with Crippen LogP contribution in [0.5, 0.6) is 5.75 Å². The smallest absolute Gasteiger partial charge is 0.134 e. The normalized spacial score (nSPS) is 14.8. The molecule has 0 fully saturated rings. The highest BCUT2D eigenvalue weighted by atomic mass is 79.9. The fraction of sp³-hybridized carbons (Fsp3) is 0.455. The van der Waals surface area contributed by atoms with E-state index in [2.05, 4.69) is 37.2 Å². The van der Waals surface area contributed by atoms with Crippen molar-refractivity contribution < 1.29 is 10.2 Å². The number of aliphatic hydroxyl groups excluding tert-OH is 1. The molecule has 0 spiro atoms. The highest BCUT2D eigenvalue weighted by molar-refractivity contribution is 9.11. The van der Waals surface area contributed by atoms with Crippen LogP contribution in [0, 0.1) is 0 Å². The average Bonchev–Trinajstić information content (AvgIpc) is 2.22. The van der Waals surface area contributed by atoms with Crippen molar-refractivity contribution in [3.63, 3.8) is 0 Å². The van der Waals surface area contributed by atoms with Crippen LogP contribution in [0.1, 0.15) is 25.5 Å². The van der Waals surface area contributed by atoms with Crippen molar-refractivity contribution in [3.8, 4) is 5.75 Å². The first kappa shape index (κ1) is 14.0. The van der Waals surface area contributed by atoms with E-state index in [9.17, 15) is 5.11 Å². The molecule has 0 amide bonds. The van der Waals surface area contributed by atoms with Gasteiger partial charge in [-0.2, -0.15) is 0 Å². The lowest BCUT2D eigenvalue weighted by Gasteiger charge is -2.20. The maximum atomic E-state index is 9.91. The SMILES string of the molecule is CC(N[C@@H](C)CO)c1cc(Br)cc(Br)c1O. The van der Waals surface area contributed by atoms with Gasteiger partial charge in [-0.3, -0.25) is 0 Å². The Morgan fingerprint density at radius 2 is 1.94 bits per heavy atom. The first-order chi connectivity index (χ1) is 7.45. The summed E-state index contributed by atoms with van der Waals surface area (Å²) in [5.41, 5.74) is 0.793. The van der Waals surface area contributed by atoms with Gasteiger partial charge >= 0.3 is 0 Å². The summed E-state index contributed by atoms with van der Waals surface area (Å²) >= 11 is 6.67. The van der Waals surface area contributed by atoms with Gasteiger partial charge in [-0.1, -0.05) is 15.9 Å². The topological polar surface area (TPSA) is 52.5 Å². The lowest BCUT2D eigenvalue weighted by atomic mass is 10.1. The maximum absolute atomic E-state index is 9.91. The van der Waals surface area contributed by atoms with Crippen LogP contribution >= 0.6 is 31.9 Å². The summed E-state index contributed by atoms with van der Waals surface area (Å²) in [5.74, 6) is 0.230. The van der Waals surface area contributed by atoms with E-state index >= 15 is 0 Å². The second-order valence-corrected chi connectivity index (χ2v) is 5.57. The molecule has 90 valence electrons. The summed E-state index contributed by atoms with van der Waals surface area (Å²) in [6.45, 7) is 3.90. The Kier molecular flexibility index (Phi) is 5.24. The van der Waals surface area contributed by atoms with E-state index in [4.69, 9.17) is 5.11 Å². The zero-order valence-corrected chi connectivity index (χ0v) is 12.3. The van der Waals surface area contributed by atoms with E-state index in [0.29, 0.717) is 4.47 Å². The molecule has 0 aromatic heterocycles. The van der Waals surface area contributed by atoms with Gasteiger partial charge in [0.25, 0.3) is 0 Å². The van der Waals surface area contributed by atoms with Gasteiger partial charge in [0.1, 0.15) is 5.75 Å². The van der Waals surface area contributed by atoms with Gasteiger partial charge in [0.15, 0.2) is 0 Å². The third-order valence-corrected chi connectivity index (χ3v) is 3.39. The number of hydrogen-bond acceptors (Lipinski definition) is 3. The van der Waals surface area contributed by atoms with Crippen LogP contribution in [0.25, 0.3) is 0 Å². The molecule has 0 saturated carbocycles. The fourth-order valence-electron chi connectivity index (χ4n) is 1.49. The summed E-state index contributed by atoms with van der Waals surface area (Å²) in [5, 5.41) is 22.1. The van der Waals surface area contributed by atoms with E-state index in [0.717, 1.165) is 10.0 Å². The number of phenols is 1. The molecule has 3 N–H and O–H groups in total. The van der Waals surface area contributed by atoms with Crippen molar-refractivity contribution in [2.45, 2.75) is 25.9 Å². The highest BCUT2D eigenvalue weighted by Gasteiger charge is 2.15. The Hall–Kier alpha value is -0.100. The fourth-order valence-corrected chi connectivity index (χ4v) is 2.74. The quantitative estimate of drug-likeness (QED) is 0.780. The van der Waals surface area contributed by atoms with Crippen LogP contribution in [0.15, 0.2) is 21.1 Å². The van der Waals surface area contributed by atoms with Crippen LogP contribution in [0.3, 0.4) is 0 Å². The molecule has 0 aliphatic heterocycles. The Balaban J connectivity index is 2.94. The van der Waals surface area contributed by atoms with Gasteiger partial charge in [0, 0.05) is 22.1 Å². The molecule has 0 saturated heterocycles. The van der Waals surface area contributed by atoms with E-state index in [1.54, 1.807) is 6.07 Å². The third kappa shape index (κ3) is 3.45. The number of benzene rings is 1. The van der Waals surface area contributed by atoms with Crippen molar-refractivity contribution in [1.29, 1.82) is 0 Å². The van der Waals surface area contributed by atoms with Crippen molar-refractivity contribution in [2.24, 2.45) is 0 Å². The largest absolute Gasteiger partial charge is 0.506 e. The minimum absolute atomic E-state index is 0.00726. The first-order valence-electron chi connectivity index (χ1n) is 5.00. The molecule has 1 aromatic rings. The van der Waals surface area contributed by atoms with Crippen molar-refractivity contribution in [3.05, 3.63) is 26.6 Å². The van der Waals surface area contributed by atoms with E-state index < -0.39 is 0 Å². The number of nitrogens with one attached hydrogen (secondary N) is 1. The van der Waals surface area contributed by atoms with E-state index in [-0.39, 0.29) is 24.4 Å². The summed E-state index contributed by atoms with van der Waals surface area (Å²) in [4.78, 5) is 0. The molecule has 3 nitrogen and oxygen atoms in total. The number of halogens is 2. The van der Waals surface area contributed by atoms with Crippen LogP contribution in [-0.2, 0) is 0 Å². The summed E-state index contributed by atoms with van der Waals surface area (Å²) in [6, 6.07) is 3.62. The minimum Gasteiger partial charge on any atom is -0.506 e. The summed E-state index contributed by atoms with van der Waals surface area (Å²) in [6.07, 6.45) is 0. The standard InChI is InChI=1S/C11H15Br2NO2/c1-6(5-15)14-7(2)9-3-8(12)4-10(13)11(9)16/h3-4,6-7,14-16H,5H2,1-2H3/t6-,7?/m0/s1. The zero-order chi connectivity index (χ0) is 12.3. The lowest BCUT2D eigenvalue weighted by Crippen LogP contribution is -2.31. The monoisotopic (exact) mass is 351 g/mol. The Morgan fingerprint density at radius 3 is 2.50 bits per heavy atom. The number of rotatable bonds is 4. The number of phenolic OH excluding ortho intramolecular Hbond substituents is 1. The number of aliphatic hydroxyl groups is 1. The first-order valence-corrected chi connectivity index (χ1v) is 6.59. The predicted octanol–water partition coefficient (Wildman–Crippen LogP) is 2.95. The minimum atomic E-state index is -0.0315. The van der Waals surface area contributed by atoms with Gasteiger partial charge < -0.3 is 15.5 Å². The second kappa shape index (κ2) is 6.00. The molecule has 5 heteroatoms. The Bertz CT molecular complexity index is 371. The summed E-state index contributed by atoms with van der Waals surface area (Å²) in [7, 11) is 0. The Labute approximate surface area is 112 Å². The molecular weight excluding hydrogens is 338 g/mol. The van der Waals surface area contributed by atoms with Crippen molar-refractivity contribution >= 4 is 31.9 Å². The van der Waals surface area contributed by atoms with Crippen LogP contribution < -0.4 is 5.32 Å². The molecule has 2 atom stereocenters. The average molecular weight is 353 g/mol. The van der Waals surface area contributed by atoms with E-state index in [1.807, 2.05) is 19.9 Å². The van der Waals surface area contributed by atoms with Crippen molar-refractivity contribution in [2.75, 3.05) is 6.61 Å². The Morgan fingerprint density at radius 1 is 1.31 bits per heavy atom. The maximum Gasteiger partial charge on any atom is 0.134 e. The van der Waals surface area contributed by atoms with Gasteiger partial charge in [-0.15, -0.1) is 0 Å². The summed E-state index contributed by atoms with van der Waals surface area (Å²) < 4.78 is 1.56. The molecular formula is C11H15Br2NO2. The second-order valence-electron chi connectivity index (χ2n) is 3.80. The van der Waals surface area contributed by atoms with Crippen LogP contribution in [-0.4, -0.2) is 22.9 Å². The molecule has 16 heavy (non-hydrogen) atoms. The molecule has 0 aliphatic carbocycles. The van der Waals surface area contributed by atoms with Crippen molar-refractivity contribution in [1.82, 2.24) is 5.32 Å². The molecule has 1 unspecified atom stereocenters. The number of aromatic hydroxyl groups is 1. The third-order valence-electron chi connectivity index (χ3n) is 2.33. The predicted molar refractivity (Wildman–Crippen MR) is 71.6 cm³/mol. The van der Waals surface area contributed by atoms with Gasteiger partial charge in [0.2, 0.25) is 0 Å². The molecule has 1 rings (SSSR count). The van der Waals surface area contributed by atoms with Gasteiger partial charge in [-0.25, -0.2) is 0 Å². The van der Waals surface area contributed by atoms with E-state index in [1.165, 1.54) is 0 Å². The van der Waals surface area contributed by atoms with Crippen LogP contribution in [0.2, 0.25) is 0 Å².